The SMILES string of the molecule is CN1CCN(C)C(CN=C(N(C)C)N(C)C)C1. The molecule has 1 atom stereocenters. The van der Waals surface area contributed by atoms with Gasteiger partial charge in [-0.05, 0) is 14.1 Å². The smallest absolute Gasteiger partial charge is 0.195 e. The van der Waals surface area contributed by atoms with Crippen LogP contribution < -0.4 is 0 Å². The van der Waals surface area contributed by atoms with Gasteiger partial charge in [0.2, 0.25) is 0 Å². The molecular formula is C12H27N5. The van der Waals surface area contributed by atoms with Crippen LogP contribution in [0.2, 0.25) is 0 Å². The number of guanidine groups is 1. The first-order valence-corrected chi connectivity index (χ1v) is 6.19. The van der Waals surface area contributed by atoms with Crippen LogP contribution in [0.25, 0.3) is 0 Å². The van der Waals surface area contributed by atoms with Crippen LogP contribution in [0.4, 0.5) is 0 Å². The number of rotatable bonds is 2. The Hall–Kier alpha value is -0.810. The van der Waals surface area contributed by atoms with Crippen molar-refractivity contribution in [2.75, 3.05) is 68.5 Å². The van der Waals surface area contributed by atoms with Gasteiger partial charge in [0.25, 0.3) is 0 Å². The second-order valence-corrected chi connectivity index (χ2v) is 5.33. The van der Waals surface area contributed by atoms with Crippen molar-refractivity contribution in [3.8, 4) is 0 Å². The lowest BCUT2D eigenvalue weighted by Gasteiger charge is -2.37. The van der Waals surface area contributed by atoms with Gasteiger partial charge in [0.1, 0.15) is 0 Å². The Morgan fingerprint density at radius 2 is 1.71 bits per heavy atom. The lowest BCUT2D eigenvalue weighted by atomic mass is 10.2. The zero-order valence-electron chi connectivity index (χ0n) is 12.1. The number of nitrogens with zero attached hydrogens (tertiary/aromatic N) is 5. The third-order valence-corrected chi connectivity index (χ3v) is 3.22. The first kappa shape index (κ1) is 14.3. The highest BCUT2D eigenvalue weighted by atomic mass is 15.3. The summed E-state index contributed by atoms with van der Waals surface area (Å²) in [5.74, 6) is 1.03. The maximum Gasteiger partial charge on any atom is 0.195 e. The molecule has 17 heavy (non-hydrogen) atoms. The van der Waals surface area contributed by atoms with E-state index in [9.17, 15) is 0 Å². The Morgan fingerprint density at radius 1 is 1.12 bits per heavy atom. The molecule has 1 heterocycles. The number of hydrogen-bond acceptors (Lipinski definition) is 3. The van der Waals surface area contributed by atoms with E-state index in [1.165, 1.54) is 0 Å². The largest absolute Gasteiger partial charge is 0.349 e. The van der Waals surface area contributed by atoms with Gasteiger partial charge in [-0.1, -0.05) is 0 Å². The van der Waals surface area contributed by atoms with E-state index in [-0.39, 0.29) is 0 Å². The predicted octanol–water partition coefficient (Wildman–Crippen LogP) is -0.289. The number of aliphatic imine (C=N–C) groups is 1. The molecule has 1 aliphatic heterocycles. The monoisotopic (exact) mass is 241 g/mol. The summed E-state index contributed by atoms with van der Waals surface area (Å²) in [6.45, 7) is 4.27. The molecule has 5 nitrogen and oxygen atoms in total. The van der Waals surface area contributed by atoms with Crippen LogP contribution in [-0.4, -0.2) is 100 Å². The third-order valence-electron chi connectivity index (χ3n) is 3.22. The van der Waals surface area contributed by atoms with Gasteiger partial charge in [-0.3, -0.25) is 9.89 Å². The van der Waals surface area contributed by atoms with Crippen LogP contribution in [-0.2, 0) is 0 Å². The number of likely N-dealkylation sites (N-methyl/N-ethyl adjacent to an activating group) is 2. The average molecular weight is 241 g/mol. The van der Waals surface area contributed by atoms with Crippen LogP contribution in [0.5, 0.6) is 0 Å². The minimum absolute atomic E-state index is 0.531. The first-order valence-electron chi connectivity index (χ1n) is 6.19. The van der Waals surface area contributed by atoms with Crippen molar-refractivity contribution in [1.82, 2.24) is 19.6 Å². The minimum atomic E-state index is 0.531. The average Bonchev–Trinajstić information content (AvgIpc) is 2.22. The Balaban J connectivity index is 2.60. The summed E-state index contributed by atoms with van der Waals surface area (Å²) < 4.78 is 0. The summed E-state index contributed by atoms with van der Waals surface area (Å²) in [5, 5.41) is 0. The fourth-order valence-corrected chi connectivity index (χ4v) is 2.17. The maximum absolute atomic E-state index is 4.73. The molecule has 0 saturated carbocycles. The molecular weight excluding hydrogens is 214 g/mol. The molecule has 1 aliphatic rings. The van der Waals surface area contributed by atoms with Gasteiger partial charge in [-0.2, -0.15) is 0 Å². The Kier molecular flexibility index (Phi) is 5.21. The van der Waals surface area contributed by atoms with Crippen molar-refractivity contribution in [1.29, 1.82) is 0 Å². The van der Waals surface area contributed by atoms with E-state index in [0.717, 1.165) is 32.1 Å². The molecule has 5 heteroatoms. The van der Waals surface area contributed by atoms with Crippen LogP contribution in [0.3, 0.4) is 0 Å². The maximum atomic E-state index is 4.73. The normalized spacial score (nSPS) is 22.4. The van der Waals surface area contributed by atoms with E-state index < -0.39 is 0 Å². The highest BCUT2D eigenvalue weighted by Gasteiger charge is 2.22. The summed E-state index contributed by atoms with van der Waals surface area (Å²) >= 11 is 0. The van der Waals surface area contributed by atoms with E-state index in [2.05, 4.69) is 33.7 Å². The summed E-state index contributed by atoms with van der Waals surface area (Å²) in [7, 11) is 12.5. The molecule has 1 fully saturated rings. The molecule has 0 bridgehead atoms. The lowest BCUT2D eigenvalue weighted by Crippen LogP contribution is -2.51. The predicted molar refractivity (Wildman–Crippen MR) is 73.6 cm³/mol. The number of hydrogen-bond donors (Lipinski definition) is 0. The first-order chi connectivity index (χ1) is 7.91. The van der Waals surface area contributed by atoms with Crippen LogP contribution >= 0.6 is 0 Å². The molecule has 0 aromatic heterocycles. The van der Waals surface area contributed by atoms with Gasteiger partial charge in [0.05, 0.1) is 6.54 Å². The fourth-order valence-electron chi connectivity index (χ4n) is 2.17. The summed E-state index contributed by atoms with van der Waals surface area (Å²) in [5.41, 5.74) is 0. The molecule has 1 saturated heterocycles. The molecule has 0 radical (unpaired) electrons. The van der Waals surface area contributed by atoms with Crippen molar-refractivity contribution in [3.63, 3.8) is 0 Å². The molecule has 0 N–H and O–H groups in total. The van der Waals surface area contributed by atoms with E-state index in [4.69, 9.17) is 4.99 Å². The third kappa shape index (κ3) is 4.16. The van der Waals surface area contributed by atoms with Crippen LogP contribution in [0.1, 0.15) is 0 Å². The van der Waals surface area contributed by atoms with Crippen molar-refractivity contribution < 1.29 is 0 Å². The van der Waals surface area contributed by atoms with Gasteiger partial charge in [0.15, 0.2) is 5.96 Å². The van der Waals surface area contributed by atoms with E-state index >= 15 is 0 Å². The van der Waals surface area contributed by atoms with Gasteiger partial charge >= 0.3 is 0 Å². The van der Waals surface area contributed by atoms with Crippen molar-refractivity contribution in [2.45, 2.75) is 6.04 Å². The Morgan fingerprint density at radius 3 is 2.24 bits per heavy atom. The topological polar surface area (TPSA) is 25.3 Å². The van der Waals surface area contributed by atoms with Crippen LogP contribution in [0, 0.1) is 0 Å². The molecule has 0 spiro atoms. The van der Waals surface area contributed by atoms with Gasteiger partial charge in [-0.15, -0.1) is 0 Å². The van der Waals surface area contributed by atoms with E-state index in [0.29, 0.717) is 6.04 Å². The second kappa shape index (κ2) is 6.21. The lowest BCUT2D eigenvalue weighted by molar-refractivity contribution is 0.119. The molecule has 1 rings (SSSR count). The van der Waals surface area contributed by atoms with Gasteiger partial charge in [-0.25, -0.2) is 0 Å². The Labute approximate surface area is 106 Å². The highest BCUT2D eigenvalue weighted by Crippen LogP contribution is 2.06. The van der Waals surface area contributed by atoms with Gasteiger partial charge in [0, 0.05) is 53.9 Å². The van der Waals surface area contributed by atoms with E-state index in [1.807, 2.05) is 28.2 Å². The molecule has 0 aromatic carbocycles. The number of piperazine rings is 1. The molecule has 0 aliphatic carbocycles. The van der Waals surface area contributed by atoms with E-state index in [1.54, 1.807) is 0 Å². The molecule has 100 valence electrons. The van der Waals surface area contributed by atoms with Crippen LogP contribution in [0.15, 0.2) is 4.99 Å². The fraction of sp³-hybridized carbons (Fsp3) is 0.917. The van der Waals surface area contributed by atoms with Crippen molar-refractivity contribution in [3.05, 3.63) is 0 Å². The highest BCUT2D eigenvalue weighted by molar-refractivity contribution is 5.79. The molecule has 1 unspecified atom stereocenters. The summed E-state index contributed by atoms with van der Waals surface area (Å²) in [6.07, 6.45) is 0. The zero-order chi connectivity index (χ0) is 13.0. The van der Waals surface area contributed by atoms with Crippen molar-refractivity contribution >= 4 is 5.96 Å². The van der Waals surface area contributed by atoms with Gasteiger partial charge < -0.3 is 14.7 Å². The molecule has 0 aromatic rings. The standard InChI is InChI=1S/C12H27N5/c1-14(2)12(15(3)4)13-9-11-10-16(5)7-8-17(11)6/h11H,7-10H2,1-6H3. The van der Waals surface area contributed by atoms with Crippen molar-refractivity contribution in [2.24, 2.45) is 4.99 Å². The minimum Gasteiger partial charge on any atom is -0.349 e. The quantitative estimate of drug-likeness (QED) is 0.490. The summed E-state index contributed by atoms with van der Waals surface area (Å²) in [6, 6.07) is 0.531. The molecule has 0 amide bonds. The second-order valence-electron chi connectivity index (χ2n) is 5.33. The zero-order valence-corrected chi connectivity index (χ0v) is 12.1. The Bertz CT molecular complexity index is 252. The summed E-state index contributed by atoms with van der Waals surface area (Å²) in [4.78, 5) is 13.6.